The highest BCUT2D eigenvalue weighted by atomic mass is 35.5. The predicted octanol–water partition coefficient (Wildman–Crippen LogP) is 7.62. The molecule has 5 nitrogen and oxygen atoms in total. The number of carbonyl (C=O) groups is 2. The fourth-order valence-electron chi connectivity index (χ4n) is 5.78. The Balaban J connectivity index is 1.56. The zero-order chi connectivity index (χ0) is 27.8. The second-order valence-corrected chi connectivity index (χ2v) is 11.0. The van der Waals surface area contributed by atoms with Gasteiger partial charge in [-0.25, -0.2) is 0 Å². The summed E-state index contributed by atoms with van der Waals surface area (Å²) in [5.41, 5.74) is 6.60. The van der Waals surface area contributed by atoms with E-state index in [9.17, 15) is 9.59 Å². The van der Waals surface area contributed by atoms with Crippen molar-refractivity contribution >= 4 is 40.4 Å². The summed E-state index contributed by atoms with van der Waals surface area (Å²) in [6, 6.07) is 32.4. The van der Waals surface area contributed by atoms with Crippen molar-refractivity contribution < 1.29 is 9.59 Å². The lowest BCUT2D eigenvalue weighted by molar-refractivity contribution is -0.116. The summed E-state index contributed by atoms with van der Waals surface area (Å²) >= 11 is 6.16. The lowest BCUT2D eigenvalue weighted by Gasteiger charge is -2.35. The quantitative estimate of drug-likeness (QED) is 0.285. The number of hydrogen-bond acceptors (Lipinski definition) is 4. The van der Waals surface area contributed by atoms with Gasteiger partial charge < -0.3 is 10.2 Å². The Bertz CT molecular complexity index is 1590. The number of hydrogen-bond donors (Lipinski definition) is 1. The Labute approximate surface area is 239 Å². The Hall–Kier alpha value is -4.35. The molecule has 0 saturated heterocycles. The lowest BCUT2D eigenvalue weighted by Crippen LogP contribution is -2.38. The van der Waals surface area contributed by atoms with Crippen molar-refractivity contribution in [3.63, 3.8) is 0 Å². The molecule has 0 aromatic heterocycles. The molecule has 0 saturated carbocycles. The fourth-order valence-corrected chi connectivity index (χ4v) is 5.90. The number of ketones is 1. The maximum absolute atomic E-state index is 14.4. The molecule has 2 atom stereocenters. The molecule has 200 valence electrons. The molecule has 0 spiro atoms. The van der Waals surface area contributed by atoms with Crippen LogP contribution < -0.4 is 15.1 Å². The molecular formula is C34H30ClN3O2. The van der Waals surface area contributed by atoms with Gasteiger partial charge in [-0.1, -0.05) is 66.2 Å². The van der Waals surface area contributed by atoms with Crippen molar-refractivity contribution in [2.45, 2.75) is 24.8 Å². The van der Waals surface area contributed by atoms with Crippen molar-refractivity contribution in [3.05, 3.63) is 136 Å². The van der Waals surface area contributed by atoms with Crippen molar-refractivity contribution in [2.75, 3.05) is 29.2 Å². The highest BCUT2D eigenvalue weighted by molar-refractivity contribution is 6.30. The number of amides is 1. The number of allylic oxidation sites excluding steroid dienone is 1. The van der Waals surface area contributed by atoms with Crippen molar-refractivity contribution in [2.24, 2.45) is 0 Å². The molecule has 1 amide bonds. The Morgan fingerprint density at radius 2 is 1.50 bits per heavy atom. The molecule has 0 radical (unpaired) electrons. The average Bonchev–Trinajstić information content (AvgIpc) is 3.12. The first-order valence-corrected chi connectivity index (χ1v) is 13.8. The van der Waals surface area contributed by atoms with E-state index in [1.807, 2.05) is 85.7 Å². The number of nitrogens with zero attached hydrogens (tertiary/aromatic N) is 2. The van der Waals surface area contributed by atoms with Crippen LogP contribution in [0.5, 0.6) is 0 Å². The van der Waals surface area contributed by atoms with E-state index < -0.39 is 6.04 Å². The molecule has 0 fully saturated rings. The minimum atomic E-state index is -0.602. The third kappa shape index (κ3) is 4.78. The van der Waals surface area contributed by atoms with Gasteiger partial charge in [-0.3, -0.25) is 14.5 Å². The van der Waals surface area contributed by atoms with Crippen LogP contribution in [0.1, 0.15) is 46.3 Å². The van der Waals surface area contributed by atoms with Crippen LogP contribution in [-0.4, -0.2) is 25.8 Å². The van der Waals surface area contributed by atoms with Crippen LogP contribution in [0.25, 0.3) is 0 Å². The smallest absolute Gasteiger partial charge is 0.259 e. The van der Waals surface area contributed by atoms with Crippen molar-refractivity contribution in [1.29, 1.82) is 0 Å². The number of rotatable bonds is 4. The summed E-state index contributed by atoms with van der Waals surface area (Å²) in [5.74, 6) is -0.0901. The maximum Gasteiger partial charge on any atom is 0.259 e. The number of para-hydroxylation sites is 2. The zero-order valence-electron chi connectivity index (χ0n) is 22.5. The topological polar surface area (TPSA) is 52.7 Å². The van der Waals surface area contributed by atoms with Crippen LogP contribution in [0.2, 0.25) is 5.02 Å². The number of anilines is 3. The van der Waals surface area contributed by atoms with Gasteiger partial charge in [0, 0.05) is 48.1 Å². The summed E-state index contributed by atoms with van der Waals surface area (Å²) in [6.07, 6.45) is 1.06. The van der Waals surface area contributed by atoms with Crippen LogP contribution in [0.15, 0.2) is 114 Å². The monoisotopic (exact) mass is 547 g/mol. The summed E-state index contributed by atoms with van der Waals surface area (Å²) in [5, 5.41) is 4.16. The molecule has 4 aromatic rings. The number of carbonyl (C=O) groups excluding carboxylic acids is 2. The van der Waals surface area contributed by atoms with Crippen molar-refractivity contribution in [1.82, 2.24) is 0 Å². The number of benzene rings is 4. The van der Waals surface area contributed by atoms with E-state index >= 15 is 0 Å². The molecule has 6 rings (SSSR count). The molecular weight excluding hydrogens is 518 g/mol. The highest BCUT2D eigenvalue weighted by Crippen LogP contribution is 2.48. The van der Waals surface area contributed by atoms with E-state index in [-0.39, 0.29) is 17.6 Å². The standard InChI is InChI=1S/C34H30ClN3O2/c1-37(2)27-18-14-23(15-19-27)33-32-29(20-25(21-31(32)39)22-8-4-3-5-9-22)36-28-10-6-7-11-30(28)38(33)34(40)24-12-16-26(35)17-13-24/h3-19,25,33,36H,20-21H2,1-2H3/t25-,33-/m1/s1. The average molecular weight is 548 g/mol. The van der Waals surface area contributed by atoms with E-state index in [1.54, 1.807) is 29.2 Å². The molecule has 4 aromatic carbocycles. The van der Waals surface area contributed by atoms with Crippen LogP contribution in [0.3, 0.4) is 0 Å². The molecule has 1 heterocycles. The van der Waals surface area contributed by atoms with Crippen LogP contribution in [0, 0.1) is 0 Å². The molecule has 0 unspecified atom stereocenters. The number of fused-ring (bicyclic) bond motifs is 1. The fraction of sp³-hybridized carbons (Fsp3) is 0.176. The zero-order valence-corrected chi connectivity index (χ0v) is 23.2. The van der Waals surface area contributed by atoms with Crippen LogP contribution in [-0.2, 0) is 4.79 Å². The normalized spacial score (nSPS) is 18.4. The molecule has 0 bridgehead atoms. The lowest BCUT2D eigenvalue weighted by atomic mass is 9.78. The molecule has 1 N–H and O–H groups in total. The van der Waals surface area contributed by atoms with Gasteiger partial charge in [-0.15, -0.1) is 0 Å². The third-order valence-electron chi connectivity index (χ3n) is 7.79. The largest absolute Gasteiger partial charge is 0.378 e. The molecule has 1 aliphatic heterocycles. The molecule has 6 heteroatoms. The summed E-state index contributed by atoms with van der Waals surface area (Å²) < 4.78 is 0. The summed E-state index contributed by atoms with van der Waals surface area (Å²) in [6.45, 7) is 0. The van der Waals surface area contributed by atoms with Gasteiger partial charge in [0.2, 0.25) is 0 Å². The Morgan fingerprint density at radius 1 is 0.825 bits per heavy atom. The SMILES string of the molecule is CN(C)c1ccc([C@@H]2C3=C(C[C@@H](c4ccccc4)CC3=O)Nc3ccccc3N2C(=O)c2ccc(Cl)cc2)cc1. The maximum atomic E-state index is 14.4. The van der Waals surface area contributed by atoms with Crippen LogP contribution >= 0.6 is 11.6 Å². The predicted molar refractivity (Wildman–Crippen MR) is 162 cm³/mol. The van der Waals surface area contributed by atoms with Gasteiger partial charge in [0.1, 0.15) is 0 Å². The van der Waals surface area contributed by atoms with Crippen LogP contribution in [0.4, 0.5) is 17.1 Å². The van der Waals surface area contributed by atoms with Gasteiger partial charge in [-0.2, -0.15) is 0 Å². The Morgan fingerprint density at radius 3 is 2.20 bits per heavy atom. The first-order valence-electron chi connectivity index (χ1n) is 13.4. The first kappa shape index (κ1) is 25.9. The molecule has 40 heavy (non-hydrogen) atoms. The van der Waals surface area contributed by atoms with Gasteiger partial charge in [0.15, 0.2) is 5.78 Å². The second-order valence-electron chi connectivity index (χ2n) is 10.5. The van der Waals surface area contributed by atoms with Gasteiger partial charge in [0.05, 0.1) is 17.4 Å². The van der Waals surface area contributed by atoms with E-state index in [0.717, 1.165) is 33.9 Å². The van der Waals surface area contributed by atoms with E-state index in [4.69, 9.17) is 11.6 Å². The summed E-state index contributed by atoms with van der Waals surface area (Å²) in [4.78, 5) is 32.3. The minimum Gasteiger partial charge on any atom is -0.378 e. The second kappa shape index (κ2) is 10.7. The van der Waals surface area contributed by atoms with Crippen molar-refractivity contribution in [3.8, 4) is 0 Å². The highest BCUT2D eigenvalue weighted by Gasteiger charge is 2.41. The number of halogens is 1. The number of nitrogens with one attached hydrogen (secondary N) is 1. The molecule has 2 aliphatic rings. The first-order chi connectivity index (χ1) is 19.4. The molecule has 1 aliphatic carbocycles. The van der Waals surface area contributed by atoms with E-state index in [2.05, 4.69) is 17.4 Å². The summed E-state index contributed by atoms with van der Waals surface area (Å²) in [7, 11) is 3.98. The number of Topliss-reactive ketones (excluding diaryl/α,β-unsaturated/α-hetero) is 1. The van der Waals surface area contributed by atoms with Gasteiger partial charge in [-0.05, 0) is 72.0 Å². The van der Waals surface area contributed by atoms with E-state index in [1.165, 1.54) is 0 Å². The van der Waals surface area contributed by atoms with Gasteiger partial charge >= 0.3 is 0 Å². The third-order valence-corrected chi connectivity index (χ3v) is 8.05. The Kier molecular flexibility index (Phi) is 6.91. The van der Waals surface area contributed by atoms with Gasteiger partial charge in [0.25, 0.3) is 5.91 Å². The minimum absolute atomic E-state index is 0.0472. The van der Waals surface area contributed by atoms with E-state index in [0.29, 0.717) is 29.0 Å².